The molecule has 4 aromatic rings. The Morgan fingerprint density at radius 1 is 1.17 bits per heavy atom. The van der Waals surface area contributed by atoms with E-state index < -0.39 is 10.5 Å². The highest BCUT2D eigenvalue weighted by atomic mass is 16.6. The van der Waals surface area contributed by atoms with Gasteiger partial charge in [-0.25, -0.2) is 4.98 Å². The lowest BCUT2D eigenvalue weighted by Crippen LogP contribution is -2.21. The van der Waals surface area contributed by atoms with Crippen molar-refractivity contribution in [3.8, 4) is 41.0 Å². The maximum atomic E-state index is 13.7. The molecule has 0 aliphatic rings. The van der Waals surface area contributed by atoms with Crippen molar-refractivity contribution in [3.05, 3.63) is 85.7 Å². The van der Waals surface area contributed by atoms with E-state index in [2.05, 4.69) is 24.9 Å². The molecule has 0 unspecified atom stereocenters. The largest absolute Gasteiger partial charge is 0.494 e. The number of fused-ring (bicyclic) bond motifs is 1. The number of rotatable bonds is 10. The zero-order valence-corrected chi connectivity index (χ0v) is 23.5. The van der Waals surface area contributed by atoms with E-state index in [1.807, 2.05) is 32.0 Å². The van der Waals surface area contributed by atoms with Crippen LogP contribution in [0.25, 0.3) is 22.3 Å². The number of nitrogens with zero attached hydrogens (tertiary/aromatic N) is 4. The lowest BCUT2D eigenvalue weighted by Gasteiger charge is -2.18. The number of nitro benzene ring substituents is 1. The van der Waals surface area contributed by atoms with E-state index >= 15 is 0 Å². The van der Waals surface area contributed by atoms with Crippen LogP contribution in [0, 0.1) is 29.4 Å². The Balaban J connectivity index is 1.95. The lowest BCUT2D eigenvalue weighted by molar-refractivity contribution is -0.385. The molecular weight excluding hydrogens is 524 g/mol. The zero-order chi connectivity index (χ0) is 29.7. The molecule has 0 saturated heterocycles. The van der Waals surface area contributed by atoms with Gasteiger partial charge in [0.2, 0.25) is 5.75 Å². The van der Waals surface area contributed by atoms with Gasteiger partial charge in [-0.2, -0.15) is 9.78 Å². The van der Waals surface area contributed by atoms with Crippen LogP contribution < -0.4 is 19.8 Å². The molecule has 0 atom stereocenters. The van der Waals surface area contributed by atoms with Crippen molar-refractivity contribution in [2.75, 3.05) is 20.3 Å². The van der Waals surface area contributed by atoms with E-state index in [0.29, 0.717) is 34.5 Å². The first kappa shape index (κ1) is 28.8. The van der Waals surface area contributed by atoms with E-state index in [9.17, 15) is 14.9 Å². The average Bonchev–Trinajstić information content (AvgIpc) is 2.95. The Morgan fingerprint density at radius 2 is 1.93 bits per heavy atom. The number of ether oxygens (including phenoxy) is 3. The Morgan fingerprint density at radius 3 is 2.59 bits per heavy atom. The van der Waals surface area contributed by atoms with Gasteiger partial charge in [0, 0.05) is 17.2 Å². The second-order valence-corrected chi connectivity index (χ2v) is 9.43. The van der Waals surface area contributed by atoms with Gasteiger partial charge < -0.3 is 14.2 Å². The van der Waals surface area contributed by atoms with Gasteiger partial charge in [0.05, 0.1) is 35.8 Å². The summed E-state index contributed by atoms with van der Waals surface area (Å²) in [5, 5.41) is 16.7. The maximum Gasteiger partial charge on any atom is 0.315 e. The smallest absolute Gasteiger partial charge is 0.315 e. The van der Waals surface area contributed by atoms with Crippen LogP contribution in [0.5, 0.6) is 17.2 Å². The van der Waals surface area contributed by atoms with Crippen molar-refractivity contribution in [2.24, 2.45) is 5.10 Å². The molecular formula is C31H30N4O6. The SMILES string of the molecule is C#CCOc1c(OC)cc(C=Nn2c(-c3cc(C(C)C)c(OCC)cc3C)nc3ccccc3c2=O)cc1[N+](=O)[O-]. The van der Waals surface area contributed by atoms with Gasteiger partial charge in [-0.3, -0.25) is 14.9 Å². The van der Waals surface area contributed by atoms with Crippen molar-refractivity contribution in [1.29, 1.82) is 0 Å². The number of hydrogen-bond acceptors (Lipinski definition) is 8. The summed E-state index contributed by atoms with van der Waals surface area (Å²) in [6.07, 6.45) is 6.60. The summed E-state index contributed by atoms with van der Waals surface area (Å²) in [5.41, 5.74) is 2.60. The fourth-order valence-corrected chi connectivity index (χ4v) is 4.43. The van der Waals surface area contributed by atoms with Gasteiger partial charge in [0.15, 0.2) is 11.6 Å². The third-order valence-electron chi connectivity index (χ3n) is 6.37. The molecule has 0 fully saturated rings. The first-order chi connectivity index (χ1) is 19.7. The molecule has 41 heavy (non-hydrogen) atoms. The Hall–Kier alpha value is -5.17. The fraction of sp³-hybridized carbons (Fsp3) is 0.258. The highest BCUT2D eigenvalue weighted by molar-refractivity contribution is 5.84. The third kappa shape index (κ3) is 5.89. The van der Waals surface area contributed by atoms with Crippen LogP contribution in [-0.4, -0.2) is 41.1 Å². The topological polar surface area (TPSA) is 118 Å². The van der Waals surface area contributed by atoms with Gasteiger partial charge >= 0.3 is 5.69 Å². The number of aryl methyl sites for hydroxylation is 1. The fourth-order valence-electron chi connectivity index (χ4n) is 4.43. The molecule has 0 saturated carbocycles. The van der Waals surface area contributed by atoms with E-state index in [4.69, 9.17) is 25.6 Å². The molecule has 0 N–H and O–H groups in total. The molecule has 210 valence electrons. The van der Waals surface area contributed by atoms with Gasteiger partial charge in [-0.15, -0.1) is 6.42 Å². The van der Waals surface area contributed by atoms with Crippen LogP contribution in [0.15, 0.2) is 58.4 Å². The molecule has 0 bridgehead atoms. The predicted molar refractivity (Wildman–Crippen MR) is 158 cm³/mol. The average molecular weight is 555 g/mol. The van der Waals surface area contributed by atoms with E-state index in [1.54, 1.807) is 18.2 Å². The molecule has 10 heteroatoms. The highest BCUT2D eigenvalue weighted by Gasteiger charge is 2.23. The molecule has 0 aliphatic carbocycles. The number of methoxy groups -OCH3 is 1. The minimum atomic E-state index is -0.600. The number of terminal acetylenes is 1. The second kappa shape index (κ2) is 12.3. The van der Waals surface area contributed by atoms with E-state index in [1.165, 1.54) is 30.1 Å². The van der Waals surface area contributed by atoms with E-state index in [-0.39, 0.29) is 29.7 Å². The summed E-state index contributed by atoms with van der Waals surface area (Å²) >= 11 is 0. The minimum Gasteiger partial charge on any atom is -0.494 e. The normalized spacial score (nSPS) is 11.1. The van der Waals surface area contributed by atoms with Crippen molar-refractivity contribution < 1.29 is 19.1 Å². The number of aromatic nitrogens is 2. The number of hydrogen-bond donors (Lipinski definition) is 0. The summed E-state index contributed by atoms with van der Waals surface area (Å²) in [5.74, 6) is 3.53. The van der Waals surface area contributed by atoms with Gasteiger partial charge in [-0.05, 0) is 61.2 Å². The van der Waals surface area contributed by atoms with Crippen LogP contribution in [0.2, 0.25) is 0 Å². The first-order valence-corrected chi connectivity index (χ1v) is 13.0. The van der Waals surface area contributed by atoms with Gasteiger partial charge in [-0.1, -0.05) is 31.9 Å². The van der Waals surface area contributed by atoms with Crippen LogP contribution in [0.3, 0.4) is 0 Å². The summed E-state index contributed by atoms with van der Waals surface area (Å²) in [6.45, 7) is 8.31. The predicted octanol–water partition coefficient (Wildman–Crippen LogP) is 5.71. The maximum absolute atomic E-state index is 13.7. The molecule has 10 nitrogen and oxygen atoms in total. The van der Waals surface area contributed by atoms with Crippen molar-refractivity contribution in [2.45, 2.75) is 33.6 Å². The molecule has 1 heterocycles. The molecule has 1 aromatic heterocycles. The second-order valence-electron chi connectivity index (χ2n) is 9.43. The Kier molecular flexibility index (Phi) is 8.68. The lowest BCUT2D eigenvalue weighted by atomic mass is 9.96. The highest BCUT2D eigenvalue weighted by Crippen LogP contribution is 2.38. The molecule has 0 amide bonds. The molecule has 0 radical (unpaired) electrons. The summed E-state index contributed by atoms with van der Waals surface area (Å²) in [4.78, 5) is 29.8. The zero-order valence-electron chi connectivity index (χ0n) is 23.5. The monoisotopic (exact) mass is 554 g/mol. The third-order valence-corrected chi connectivity index (χ3v) is 6.37. The standard InChI is InChI=1S/C31H30N4O6/c1-7-13-41-29-26(35(37)38)15-21(16-28(29)39-6)18-32-34-30(33-25-12-10-9-11-22(25)31(34)36)24-17-23(19(3)4)27(40-8-2)14-20(24)5/h1,9-12,14-19H,8,13H2,2-6H3. The minimum absolute atomic E-state index is 0.0935. The van der Waals surface area contributed by atoms with Crippen molar-refractivity contribution in [3.63, 3.8) is 0 Å². The number of para-hydroxylation sites is 1. The molecule has 0 spiro atoms. The van der Waals surface area contributed by atoms with Gasteiger partial charge in [0.1, 0.15) is 12.4 Å². The Labute approximate surface area is 237 Å². The number of nitro groups is 1. The first-order valence-electron chi connectivity index (χ1n) is 13.0. The van der Waals surface area contributed by atoms with Crippen molar-refractivity contribution in [1.82, 2.24) is 9.66 Å². The van der Waals surface area contributed by atoms with Gasteiger partial charge in [0.25, 0.3) is 5.56 Å². The van der Waals surface area contributed by atoms with Crippen molar-refractivity contribution >= 4 is 22.8 Å². The van der Waals surface area contributed by atoms with Crippen LogP contribution in [0.4, 0.5) is 5.69 Å². The molecule has 4 rings (SSSR count). The molecule has 3 aromatic carbocycles. The van der Waals surface area contributed by atoms with E-state index in [0.717, 1.165) is 16.9 Å². The number of benzene rings is 3. The van der Waals surface area contributed by atoms with Crippen LogP contribution >= 0.6 is 0 Å². The van der Waals surface area contributed by atoms with Crippen LogP contribution in [0.1, 0.15) is 43.4 Å². The summed E-state index contributed by atoms with van der Waals surface area (Å²) in [6, 6.07) is 13.7. The summed E-state index contributed by atoms with van der Waals surface area (Å²) in [7, 11) is 1.36. The quantitative estimate of drug-likeness (QED) is 0.107. The summed E-state index contributed by atoms with van der Waals surface area (Å²) < 4.78 is 17.8. The molecule has 0 aliphatic heterocycles. The Bertz CT molecular complexity index is 1750. The van der Waals surface area contributed by atoms with Crippen LogP contribution in [-0.2, 0) is 0 Å².